The van der Waals surface area contributed by atoms with E-state index >= 15 is 0 Å². The zero-order valence-corrected chi connectivity index (χ0v) is 10.3. The van der Waals surface area contributed by atoms with E-state index in [0.29, 0.717) is 5.04 Å². The molecule has 0 aliphatic heterocycles. The minimum absolute atomic E-state index is 0.186. The third-order valence-electron chi connectivity index (χ3n) is 2.62. The molecule has 0 bridgehead atoms. The first kappa shape index (κ1) is 11.9. The summed E-state index contributed by atoms with van der Waals surface area (Å²) >= 11 is 0. The van der Waals surface area contributed by atoms with Crippen LogP contribution >= 0.6 is 0 Å². The van der Waals surface area contributed by atoms with Gasteiger partial charge in [0.2, 0.25) is 0 Å². The highest BCUT2D eigenvalue weighted by Gasteiger charge is 2.37. The van der Waals surface area contributed by atoms with Gasteiger partial charge in [0.15, 0.2) is 8.32 Å². The van der Waals surface area contributed by atoms with Gasteiger partial charge in [-0.1, -0.05) is 26.8 Å². The summed E-state index contributed by atoms with van der Waals surface area (Å²) in [5, 5.41) is 0.296. The van der Waals surface area contributed by atoms with E-state index in [0.717, 1.165) is 0 Å². The Balaban J connectivity index is 4.32. The van der Waals surface area contributed by atoms with Crippen LogP contribution in [0.25, 0.3) is 0 Å². The quantitative estimate of drug-likeness (QED) is 0.483. The standard InChI is InChI=1S/C10H22OSi/c1-8-9(2)11-12(6,7)10(3,4)5/h8-9H,1H2,2-7H3/t9-/m0/s1. The van der Waals surface area contributed by atoms with Gasteiger partial charge in [0.25, 0.3) is 0 Å². The summed E-state index contributed by atoms with van der Waals surface area (Å²) in [7, 11) is -1.56. The fourth-order valence-corrected chi connectivity index (χ4v) is 2.07. The molecule has 0 N–H and O–H groups in total. The maximum absolute atomic E-state index is 5.97. The maximum Gasteiger partial charge on any atom is 0.192 e. The molecule has 0 rings (SSSR count). The molecule has 0 aromatic heterocycles. The number of hydrogen-bond acceptors (Lipinski definition) is 1. The molecule has 12 heavy (non-hydrogen) atoms. The first-order chi connectivity index (χ1) is 5.20. The minimum Gasteiger partial charge on any atom is -0.411 e. The Labute approximate surface area is 78.0 Å². The van der Waals surface area contributed by atoms with Crippen LogP contribution in [0.3, 0.4) is 0 Å². The van der Waals surface area contributed by atoms with Crippen LogP contribution in [0.4, 0.5) is 0 Å². The van der Waals surface area contributed by atoms with E-state index in [1.165, 1.54) is 0 Å². The summed E-state index contributed by atoms with van der Waals surface area (Å²) in [5.41, 5.74) is 0. The molecule has 2 heteroatoms. The average Bonchev–Trinajstić information content (AvgIpc) is 1.84. The van der Waals surface area contributed by atoms with Gasteiger partial charge in [-0.2, -0.15) is 0 Å². The van der Waals surface area contributed by atoms with E-state index in [4.69, 9.17) is 4.43 Å². The highest BCUT2D eigenvalue weighted by atomic mass is 28.4. The van der Waals surface area contributed by atoms with Crippen molar-refractivity contribution < 1.29 is 4.43 Å². The molecule has 0 saturated heterocycles. The molecule has 0 aromatic carbocycles. The molecular formula is C10H22OSi. The van der Waals surface area contributed by atoms with E-state index in [1.54, 1.807) is 0 Å². The second-order valence-electron chi connectivity index (χ2n) is 4.82. The Morgan fingerprint density at radius 3 is 2.00 bits per heavy atom. The summed E-state index contributed by atoms with van der Waals surface area (Å²) in [6.45, 7) is 17.0. The molecule has 0 aliphatic carbocycles. The van der Waals surface area contributed by atoms with Gasteiger partial charge >= 0.3 is 0 Å². The van der Waals surface area contributed by atoms with Crippen molar-refractivity contribution in [2.75, 3.05) is 0 Å². The maximum atomic E-state index is 5.97. The Morgan fingerprint density at radius 2 is 1.75 bits per heavy atom. The Kier molecular flexibility index (Phi) is 3.73. The van der Waals surface area contributed by atoms with Gasteiger partial charge in [-0.05, 0) is 25.1 Å². The Morgan fingerprint density at radius 1 is 1.33 bits per heavy atom. The SMILES string of the molecule is C=C[C@H](C)O[Si](C)(C)C(C)(C)C. The predicted molar refractivity (Wildman–Crippen MR) is 57.9 cm³/mol. The van der Waals surface area contributed by atoms with E-state index < -0.39 is 8.32 Å². The van der Waals surface area contributed by atoms with Crippen LogP contribution in [-0.2, 0) is 4.43 Å². The van der Waals surface area contributed by atoms with Crippen molar-refractivity contribution >= 4 is 8.32 Å². The molecule has 0 amide bonds. The summed E-state index contributed by atoms with van der Waals surface area (Å²) in [6, 6.07) is 0. The lowest BCUT2D eigenvalue weighted by Gasteiger charge is -2.37. The van der Waals surface area contributed by atoms with E-state index in [-0.39, 0.29) is 6.10 Å². The van der Waals surface area contributed by atoms with E-state index in [2.05, 4.69) is 40.4 Å². The molecule has 0 radical (unpaired) electrons. The molecule has 72 valence electrons. The van der Waals surface area contributed by atoms with Gasteiger partial charge in [-0.25, -0.2) is 0 Å². The molecular weight excluding hydrogens is 164 g/mol. The van der Waals surface area contributed by atoms with Gasteiger partial charge in [0.1, 0.15) is 0 Å². The van der Waals surface area contributed by atoms with Gasteiger partial charge in [-0.15, -0.1) is 6.58 Å². The molecule has 1 atom stereocenters. The molecule has 0 aliphatic rings. The third kappa shape index (κ3) is 3.11. The molecule has 0 saturated carbocycles. The monoisotopic (exact) mass is 186 g/mol. The second kappa shape index (κ2) is 3.75. The summed E-state index contributed by atoms with van der Waals surface area (Å²) in [4.78, 5) is 0. The van der Waals surface area contributed by atoms with Gasteiger partial charge < -0.3 is 4.43 Å². The fourth-order valence-electron chi connectivity index (χ4n) is 0.690. The smallest absolute Gasteiger partial charge is 0.192 e. The topological polar surface area (TPSA) is 9.23 Å². The van der Waals surface area contributed by atoms with Crippen molar-refractivity contribution in [3.63, 3.8) is 0 Å². The Hall–Kier alpha value is -0.0831. The van der Waals surface area contributed by atoms with Crippen LogP contribution in [0.1, 0.15) is 27.7 Å². The Bertz CT molecular complexity index is 156. The molecule has 0 fully saturated rings. The van der Waals surface area contributed by atoms with Gasteiger partial charge in [0.05, 0.1) is 6.10 Å². The van der Waals surface area contributed by atoms with E-state index in [1.807, 2.05) is 13.0 Å². The van der Waals surface area contributed by atoms with Crippen LogP contribution in [0.5, 0.6) is 0 Å². The predicted octanol–water partition coefficient (Wildman–Crippen LogP) is 3.58. The first-order valence-electron chi connectivity index (χ1n) is 4.51. The fraction of sp³-hybridized carbons (Fsp3) is 0.800. The summed E-state index contributed by atoms with van der Waals surface area (Å²) in [5.74, 6) is 0. The zero-order chi connectivity index (χ0) is 9.99. The lowest BCUT2D eigenvalue weighted by molar-refractivity contribution is 0.243. The van der Waals surface area contributed by atoms with Crippen molar-refractivity contribution in [2.45, 2.75) is 51.9 Å². The third-order valence-corrected chi connectivity index (χ3v) is 7.19. The summed E-state index contributed by atoms with van der Waals surface area (Å²) < 4.78 is 5.97. The van der Waals surface area contributed by atoms with Crippen molar-refractivity contribution in [1.82, 2.24) is 0 Å². The first-order valence-corrected chi connectivity index (χ1v) is 7.42. The van der Waals surface area contributed by atoms with Crippen molar-refractivity contribution in [1.29, 1.82) is 0 Å². The highest BCUT2D eigenvalue weighted by molar-refractivity contribution is 6.74. The molecule has 0 unspecified atom stereocenters. The minimum atomic E-state index is -1.56. The highest BCUT2D eigenvalue weighted by Crippen LogP contribution is 2.37. The van der Waals surface area contributed by atoms with Crippen molar-refractivity contribution in [2.24, 2.45) is 0 Å². The largest absolute Gasteiger partial charge is 0.411 e. The van der Waals surface area contributed by atoms with Crippen LogP contribution < -0.4 is 0 Å². The van der Waals surface area contributed by atoms with Crippen LogP contribution in [-0.4, -0.2) is 14.4 Å². The van der Waals surface area contributed by atoms with Gasteiger partial charge in [-0.3, -0.25) is 0 Å². The van der Waals surface area contributed by atoms with Crippen LogP contribution in [0, 0.1) is 0 Å². The zero-order valence-electron chi connectivity index (χ0n) is 9.27. The second-order valence-corrected chi connectivity index (χ2v) is 9.58. The number of rotatable bonds is 3. The van der Waals surface area contributed by atoms with Gasteiger partial charge in [0, 0.05) is 0 Å². The molecule has 0 heterocycles. The van der Waals surface area contributed by atoms with Crippen LogP contribution in [0.2, 0.25) is 18.1 Å². The lowest BCUT2D eigenvalue weighted by atomic mass is 10.2. The average molecular weight is 186 g/mol. The van der Waals surface area contributed by atoms with E-state index in [9.17, 15) is 0 Å². The van der Waals surface area contributed by atoms with Crippen molar-refractivity contribution in [3.05, 3.63) is 12.7 Å². The number of hydrogen-bond donors (Lipinski definition) is 0. The lowest BCUT2D eigenvalue weighted by Crippen LogP contribution is -2.42. The summed E-state index contributed by atoms with van der Waals surface area (Å²) in [6.07, 6.45) is 2.05. The normalized spacial score (nSPS) is 15.8. The molecule has 1 nitrogen and oxygen atoms in total. The van der Waals surface area contributed by atoms with Crippen molar-refractivity contribution in [3.8, 4) is 0 Å². The van der Waals surface area contributed by atoms with Crippen LogP contribution in [0.15, 0.2) is 12.7 Å². The molecule has 0 spiro atoms. The molecule has 0 aromatic rings.